The molecule has 1 aliphatic rings. The van der Waals surface area contributed by atoms with Gasteiger partial charge in [-0.1, -0.05) is 122 Å². The van der Waals surface area contributed by atoms with Crippen LogP contribution in [0.1, 0.15) is 45.7 Å². The number of aliphatic hydroxyl groups excluding tert-OH is 1. The fourth-order valence-corrected chi connectivity index (χ4v) is 6.07. The molecule has 0 saturated heterocycles. The van der Waals surface area contributed by atoms with Crippen LogP contribution in [0.5, 0.6) is 0 Å². The van der Waals surface area contributed by atoms with Crippen LogP contribution in [0.2, 0.25) is 0 Å². The predicted octanol–water partition coefficient (Wildman–Crippen LogP) is 10.8. The summed E-state index contributed by atoms with van der Waals surface area (Å²) in [6.45, 7) is 9.15. The molecule has 0 saturated carbocycles. The van der Waals surface area contributed by atoms with Gasteiger partial charge in [0.15, 0.2) is 5.78 Å². The zero-order valence-electron chi connectivity index (χ0n) is 26.7. The quantitative estimate of drug-likeness (QED) is 0.110. The first-order valence-electron chi connectivity index (χ1n) is 15.2. The first kappa shape index (κ1) is 32.8. The molecule has 1 heterocycles. The number of rotatable bonds is 4. The summed E-state index contributed by atoms with van der Waals surface area (Å²) in [5.41, 5.74) is 13.5. The maximum absolute atomic E-state index is 10.4. The third kappa shape index (κ3) is 6.24. The molecule has 46 heavy (non-hydrogen) atoms. The average molecular weight is 779 g/mol. The number of fused-ring (bicyclic) bond motifs is 4. The third-order valence-electron chi connectivity index (χ3n) is 8.86. The Morgan fingerprint density at radius 3 is 1.93 bits per heavy atom. The van der Waals surface area contributed by atoms with Crippen LogP contribution in [-0.4, -0.2) is 15.9 Å². The van der Waals surface area contributed by atoms with Gasteiger partial charge in [0.05, 0.1) is 11.3 Å². The van der Waals surface area contributed by atoms with Crippen LogP contribution in [0, 0.1) is 6.07 Å². The number of Topliss-reactive ketones (excluding diaryl/α,β-unsaturated/α-hetero) is 1. The van der Waals surface area contributed by atoms with Crippen molar-refractivity contribution in [2.75, 3.05) is 0 Å². The smallest absolute Gasteiger partial charge is 0.158 e. The first-order chi connectivity index (χ1) is 21.6. The van der Waals surface area contributed by atoms with E-state index < -0.39 is 0 Å². The number of benzene rings is 5. The summed E-state index contributed by atoms with van der Waals surface area (Å²) < 4.78 is 0. The molecule has 1 aliphatic carbocycles. The van der Waals surface area contributed by atoms with Crippen molar-refractivity contribution in [3.63, 3.8) is 0 Å². The molecule has 0 fully saturated rings. The van der Waals surface area contributed by atoms with Crippen molar-refractivity contribution in [2.45, 2.75) is 40.0 Å². The minimum Gasteiger partial charge on any atom is -0.512 e. The van der Waals surface area contributed by atoms with Crippen molar-refractivity contribution < 1.29 is 30.0 Å². The van der Waals surface area contributed by atoms with Gasteiger partial charge < -0.3 is 5.11 Å². The zero-order valence-corrected chi connectivity index (χ0v) is 29.1. The molecule has 0 amide bonds. The molecule has 3 nitrogen and oxygen atoms in total. The number of hydrogen-bond donors (Lipinski definition) is 1. The van der Waals surface area contributed by atoms with Gasteiger partial charge in [-0.2, -0.15) is 0 Å². The van der Waals surface area contributed by atoms with Crippen LogP contribution in [0.4, 0.5) is 0 Å². The second kappa shape index (κ2) is 13.4. The van der Waals surface area contributed by atoms with Crippen LogP contribution in [0.3, 0.4) is 0 Å². The number of carbonyl (C=O) groups is 1. The van der Waals surface area contributed by atoms with Crippen molar-refractivity contribution in [3.8, 4) is 44.6 Å². The SMILES string of the molecule is CC(=O)/C(C)=C(/C)O.CC1(C)c2ccccc2-c2c[c-]c(-c3cc(-c4ccccc4)c4cc(-c5ccccc5)ccc4n3)cc21.[Ir]. The molecule has 4 heteroatoms. The molecule has 0 spiro atoms. The Morgan fingerprint density at radius 1 is 0.674 bits per heavy atom. The van der Waals surface area contributed by atoms with E-state index in [0.717, 1.165) is 22.2 Å². The molecule has 6 aromatic rings. The van der Waals surface area contributed by atoms with Gasteiger partial charge in [0.2, 0.25) is 0 Å². The van der Waals surface area contributed by atoms with E-state index in [1.54, 1.807) is 6.92 Å². The standard InChI is InChI=1S/C36H26N.C6H10O2.Ir/c1-36(2)32-16-10-9-15-28(32)29-19-17-27(22-33(29)36)35-23-30(25-13-7-4-8-14-25)31-21-26(18-20-34(31)37-35)24-11-5-3-6-12-24;1-4(5(2)7)6(3)8;/h3-16,18-23H,1-2H3;7H,1-3H3;/q-1;;/b;5-4-;. The number of ketones is 1. The Labute approximate surface area is 285 Å². The van der Waals surface area contributed by atoms with E-state index in [2.05, 4.69) is 141 Å². The maximum atomic E-state index is 10.4. The van der Waals surface area contributed by atoms with E-state index in [4.69, 9.17) is 10.1 Å². The normalized spacial score (nSPS) is 13.0. The Kier molecular flexibility index (Phi) is 9.53. The largest absolute Gasteiger partial charge is 0.512 e. The number of allylic oxidation sites excluding steroid dienone is 2. The second-order valence-electron chi connectivity index (χ2n) is 12.1. The van der Waals surface area contributed by atoms with Gasteiger partial charge in [0.25, 0.3) is 0 Å². The number of aliphatic hydroxyl groups is 1. The van der Waals surface area contributed by atoms with Crippen LogP contribution in [-0.2, 0) is 30.3 Å². The summed E-state index contributed by atoms with van der Waals surface area (Å²) in [6, 6.07) is 46.8. The van der Waals surface area contributed by atoms with E-state index in [9.17, 15) is 4.79 Å². The minimum atomic E-state index is -0.0787. The maximum Gasteiger partial charge on any atom is 0.158 e. The molecule has 0 atom stereocenters. The van der Waals surface area contributed by atoms with Gasteiger partial charge in [-0.25, -0.2) is 0 Å². The van der Waals surface area contributed by atoms with Gasteiger partial charge in [0, 0.05) is 31.1 Å². The average Bonchev–Trinajstić information content (AvgIpc) is 3.30. The van der Waals surface area contributed by atoms with E-state index in [0.29, 0.717) is 5.57 Å². The van der Waals surface area contributed by atoms with Gasteiger partial charge in [-0.05, 0) is 71.8 Å². The topological polar surface area (TPSA) is 50.2 Å². The number of aromatic nitrogens is 1. The summed E-state index contributed by atoms with van der Waals surface area (Å²) in [4.78, 5) is 15.5. The van der Waals surface area contributed by atoms with E-state index in [1.165, 1.54) is 58.4 Å². The fourth-order valence-electron chi connectivity index (χ4n) is 6.07. The third-order valence-corrected chi connectivity index (χ3v) is 8.86. The minimum absolute atomic E-state index is 0. The molecule has 0 unspecified atom stereocenters. The van der Waals surface area contributed by atoms with Crippen molar-refractivity contribution in [1.29, 1.82) is 0 Å². The second-order valence-corrected chi connectivity index (χ2v) is 12.1. The van der Waals surface area contributed by atoms with Crippen LogP contribution < -0.4 is 0 Å². The fraction of sp³-hybridized carbons (Fsp3) is 0.143. The number of hydrogen-bond acceptors (Lipinski definition) is 3. The van der Waals surface area contributed by atoms with E-state index in [1.807, 2.05) is 0 Å². The summed E-state index contributed by atoms with van der Waals surface area (Å²) in [5, 5.41) is 9.81. The van der Waals surface area contributed by atoms with Gasteiger partial charge in [-0.15, -0.1) is 29.3 Å². The summed E-state index contributed by atoms with van der Waals surface area (Å²) >= 11 is 0. The molecular formula is C42H36IrNO2-. The number of carbonyl (C=O) groups excluding carboxylic acids is 1. The Balaban J connectivity index is 0.000000413. The molecule has 1 aromatic heterocycles. The number of pyridine rings is 1. The van der Waals surface area contributed by atoms with Crippen molar-refractivity contribution in [1.82, 2.24) is 4.98 Å². The molecule has 231 valence electrons. The van der Waals surface area contributed by atoms with Crippen molar-refractivity contribution in [2.24, 2.45) is 0 Å². The monoisotopic (exact) mass is 779 g/mol. The van der Waals surface area contributed by atoms with Crippen LogP contribution in [0.25, 0.3) is 55.5 Å². The summed E-state index contributed by atoms with van der Waals surface area (Å²) in [6.07, 6.45) is 0. The molecule has 0 aliphatic heterocycles. The molecule has 1 radical (unpaired) electrons. The predicted molar refractivity (Wildman–Crippen MR) is 186 cm³/mol. The Bertz CT molecular complexity index is 2070. The molecule has 7 rings (SSSR count). The van der Waals surface area contributed by atoms with Gasteiger partial charge in [0.1, 0.15) is 0 Å². The molecule has 0 bridgehead atoms. The van der Waals surface area contributed by atoms with Gasteiger partial charge in [-0.3, -0.25) is 9.78 Å². The van der Waals surface area contributed by atoms with E-state index >= 15 is 0 Å². The molecular weight excluding hydrogens is 743 g/mol. The van der Waals surface area contributed by atoms with Crippen LogP contribution in [0.15, 0.2) is 133 Å². The van der Waals surface area contributed by atoms with Crippen LogP contribution >= 0.6 is 0 Å². The van der Waals surface area contributed by atoms with Crippen molar-refractivity contribution in [3.05, 3.63) is 150 Å². The van der Waals surface area contributed by atoms with Gasteiger partial charge >= 0.3 is 0 Å². The van der Waals surface area contributed by atoms with E-state index in [-0.39, 0.29) is 37.1 Å². The summed E-state index contributed by atoms with van der Waals surface area (Å²) in [5.74, 6) is 0.0301. The summed E-state index contributed by atoms with van der Waals surface area (Å²) in [7, 11) is 0. The Hall–Kier alpha value is -4.63. The molecule has 5 aromatic carbocycles. The zero-order chi connectivity index (χ0) is 31.7. The molecule has 1 N–H and O–H groups in total. The first-order valence-corrected chi connectivity index (χ1v) is 15.2. The number of nitrogens with zero attached hydrogens (tertiary/aromatic N) is 1. The Morgan fingerprint density at radius 2 is 1.30 bits per heavy atom. The van der Waals surface area contributed by atoms with Crippen molar-refractivity contribution >= 4 is 16.7 Å².